The molecule has 1 aromatic heterocycles. The molecule has 118 valence electrons. The minimum atomic E-state index is -0.618. The average molecular weight is 318 g/mol. The fraction of sp³-hybridized carbons (Fsp3) is 0.188. The number of rotatable bonds is 2. The van der Waals surface area contributed by atoms with E-state index in [2.05, 4.69) is 20.8 Å². The number of nitrogens with zero attached hydrogens (tertiary/aromatic N) is 1. The van der Waals surface area contributed by atoms with E-state index in [1.165, 1.54) is 24.3 Å². The normalized spacial score (nSPS) is 21.2. The fourth-order valence-electron chi connectivity index (χ4n) is 2.98. The first-order valence-electron chi connectivity index (χ1n) is 7.20. The van der Waals surface area contributed by atoms with Crippen molar-refractivity contribution < 1.29 is 13.2 Å². The lowest BCUT2D eigenvalue weighted by Crippen LogP contribution is -2.25. The molecule has 2 atom stereocenters. The highest BCUT2D eigenvalue weighted by Gasteiger charge is 2.33. The second-order valence-corrected chi connectivity index (χ2v) is 5.56. The van der Waals surface area contributed by atoms with Crippen LogP contribution in [0.15, 0.2) is 36.4 Å². The predicted octanol–water partition coefficient (Wildman–Crippen LogP) is 2.91. The van der Waals surface area contributed by atoms with Gasteiger partial charge in [0, 0.05) is 18.2 Å². The third kappa shape index (κ3) is 2.47. The standard InChI is InChI=1S/C16H13F3N4/c17-8-1-3-10(12(19)5-8)15-11(7-20-23-15)16-21-13-4-2-9(18)6-14(13)22-16/h1-6,11,15,20,23H,7H2,(H,21,22). The molecule has 23 heavy (non-hydrogen) atoms. The first-order chi connectivity index (χ1) is 11.1. The maximum absolute atomic E-state index is 14.1. The molecule has 0 saturated carbocycles. The van der Waals surface area contributed by atoms with Gasteiger partial charge in [-0.25, -0.2) is 23.6 Å². The van der Waals surface area contributed by atoms with Crippen molar-refractivity contribution in [1.29, 1.82) is 0 Å². The molecule has 0 radical (unpaired) electrons. The zero-order valence-corrected chi connectivity index (χ0v) is 11.9. The molecule has 0 bridgehead atoms. The van der Waals surface area contributed by atoms with Crippen LogP contribution < -0.4 is 10.9 Å². The highest BCUT2D eigenvalue weighted by molar-refractivity contribution is 5.75. The van der Waals surface area contributed by atoms with Gasteiger partial charge in [0.25, 0.3) is 0 Å². The molecular formula is C16H13F3N4. The molecule has 2 unspecified atom stereocenters. The first kappa shape index (κ1) is 14.2. The number of hydrogen-bond acceptors (Lipinski definition) is 3. The third-order valence-electron chi connectivity index (χ3n) is 4.09. The van der Waals surface area contributed by atoms with Crippen LogP contribution in [0.2, 0.25) is 0 Å². The molecule has 0 amide bonds. The second kappa shape index (κ2) is 5.36. The number of aromatic amines is 1. The van der Waals surface area contributed by atoms with Crippen LogP contribution in [-0.4, -0.2) is 16.5 Å². The number of hydrazine groups is 1. The summed E-state index contributed by atoms with van der Waals surface area (Å²) in [4.78, 5) is 7.54. The molecule has 4 nitrogen and oxygen atoms in total. The minimum absolute atomic E-state index is 0.189. The number of fused-ring (bicyclic) bond motifs is 1. The minimum Gasteiger partial charge on any atom is -0.342 e. The molecule has 7 heteroatoms. The van der Waals surface area contributed by atoms with Gasteiger partial charge < -0.3 is 4.98 Å². The molecule has 1 saturated heterocycles. The first-order valence-corrected chi connectivity index (χ1v) is 7.20. The molecule has 1 aliphatic rings. The van der Waals surface area contributed by atoms with Gasteiger partial charge in [-0.05, 0) is 24.3 Å². The fourth-order valence-corrected chi connectivity index (χ4v) is 2.98. The summed E-state index contributed by atoms with van der Waals surface area (Å²) in [5, 5.41) is 0. The van der Waals surface area contributed by atoms with E-state index in [4.69, 9.17) is 0 Å². The second-order valence-electron chi connectivity index (χ2n) is 5.56. The molecule has 1 aliphatic heterocycles. The van der Waals surface area contributed by atoms with E-state index in [0.717, 1.165) is 6.07 Å². The summed E-state index contributed by atoms with van der Waals surface area (Å²) in [5.41, 5.74) is 7.55. The maximum atomic E-state index is 14.1. The van der Waals surface area contributed by atoms with Crippen LogP contribution >= 0.6 is 0 Å². The SMILES string of the molecule is Fc1ccc(C2NNCC2c2nc3ccc(F)cc3[nH]2)c(F)c1. The number of hydrogen-bond donors (Lipinski definition) is 3. The van der Waals surface area contributed by atoms with Crippen molar-refractivity contribution in [2.45, 2.75) is 12.0 Å². The summed E-state index contributed by atoms with van der Waals surface area (Å²) in [6.45, 7) is 0.518. The lowest BCUT2D eigenvalue weighted by molar-refractivity contribution is 0.498. The Bertz CT molecular complexity index is 877. The van der Waals surface area contributed by atoms with E-state index in [9.17, 15) is 13.2 Å². The van der Waals surface area contributed by atoms with Gasteiger partial charge in [-0.1, -0.05) is 6.07 Å². The summed E-state index contributed by atoms with van der Waals surface area (Å²) in [6, 6.07) is 7.41. The van der Waals surface area contributed by atoms with Crippen molar-refractivity contribution in [3.8, 4) is 0 Å². The Labute approximate surface area is 129 Å². The third-order valence-corrected chi connectivity index (χ3v) is 4.09. The number of halogens is 3. The molecule has 0 aliphatic carbocycles. The molecular weight excluding hydrogens is 305 g/mol. The van der Waals surface area contributed by atoms with Crippen LogP contribution in [-0.2, 0) is 0 Å². The molecule has 3 aromatic rings. The van der Waals surface area contributed by atoms with Crippen LogP contribution in [0.5, 0.6) is 0 Å². The number of aromatic nitrogens is 2. The number of benzene rings is 2. The van der Waals surface area contributed by atoms with E-state index < -0.39 is 17.7 Å². The molecule has 0 spiro atoms. The summed E-state index contributed by atoms with van der Waals surface area (Å²) in [7, 11) is 0. The zero-order valence-electron chi connectivity index (χ0n) is 11.9. The largest absolute Gasteiger partial charge is 0.342 e. The highest BCUT2D eigenvalue weighted by atomic mass is 19.1. The average Bonchev–Trinajstić information content (AvgIpc) is 3.12. The molecule has 4 rings (SSSR count). The number of imidazole rings is 1. The van der Waals surface area contributed by atoms with Crippen LogP contribution in [0.1, 0.15) is 23.3 Å². The summed E-state index contributed by atoms with van der Waals surface area (Å²) < 4.78 is 40.5. The van der Waals surface area contributed by atoms with Crippen molar-refractivity contribution >= 4 is 11.0 Å². The lowest BCUT2D eigenvalue weighted by Gasteiger charge is -2.17. The number of nitrogens with one attached hydrogen (secondary N) is 3. The Morgan fingerprint density at radius 2 is 1.78 bits per heavy atom. The Kier molecular flexibility index (Phi) is 3.32. The van der Waals surface area contributed by atoms with E-state index in [-0.39, 0.29) is 11.7 Å². The lowest BCUT2D eigenvalue weighted by atomic mass is 9.94. The predicted molar refractivity (Wildman–Crippen MR) is 79.0 cm³/mol. The van der Waals surface area contributed by atoms with Gasteiger partial charge in [0.2, 0.25) is 0 Å². The maximum Gasteiger partial charge on any atom is 0.130 e. The zero-order chi connectivity index (χ0) is 16.0. The Morgan fingerprint density at radius 3 is 2.61 bits per heavy atom. The van der Waals surface area contributed by atoms with Crippen molar-refractivity contribution in [3.05, 3.63) is 65.2 Å². The van der Waals surface area contributed by atoms with Crippen molar-refractivity contribution in [2.75, 3.05) is 6.54 Å². The van der Waals surface area contributed by atoms with Crippen LogP contribution in [0, 0.1) is 17.5 Å². The van der Waals surface area contributed by atoms with E-state index in [1.54, 1.807) is 6.07 Å². The van der Waals surface area contributed by atoms with Crippen molar-refractivity contribution in [1.82, 2.24) is 20.8 Å². The topological polar surface area (TPSA) is 52.7 Å². The number of H-pyrrole nitrogens is 1. The molecule has 1 fully saturated rings. The summed E-state index contributed by atoms with van der Waals surface area (Å²) in [5.74, 6) is -1.15. The van der Waals surface area contributed by atoms with Crippen molar-refractivity contribution in [3.63, 3.8) is 0 Å². The summed E-state index contributed by atoms with van der Waals surface area (Å²) >= 11 is 0. The van der Waals surface area contributed by atoms with Gasteiger partial charge in [-0.2, -0.15) is 0 Å². The monoisotopic (exact) mass is 318 g/mol. The van der Waals surface area contributed by atoms with Gasteiger partial charge >= 0.3 is 0 Å². The highest BCUT2D eigenvalue weighted by Crippen LogP contribution is 2.34. The van der Waals surface area contributed by atoms with Gasteiger partial charge in [0.15, 0.2) is 0 Å². The van der Waals surface area contributed by atoms with E-state index in [1.807, 2.05) is 0 Å². The van der Waals surface area contributed by atoms with Gasteiger partial charge in [-0.15, -0.1) is 0 Å². The van der Waals surface area contributed by atoms with Gasteiger partial charge in [0.1, 0.15) is 23.3 Å². The van der Waals surface area contributed by atoms with Crippen LogP contribution in [0.3, 0.4) is 0 Å². The Balaban J connectivity index is 1.74. The smallest absolute Gasteiger partial charge is 0.130 e. The van der Waals surface area contributed by atoms with Gasteiger partial charge in [-0.3, -0.25) is 5.43 Å². The van der Waals surface area contributed by atoms with E-state index >= 15 is 0 Å². The molecule has 2 heterocycles. The Morgan fingerprint density at radius 1 is 1.00 bits per heavy atom. The summed E-state index contributed by atoms with van der Waals surface area (Å²) in [6.07, 6.45) is 0. The van der Waals surface area contributed by atoms with Gasteiger partial charge in [0.05, 0.1) is 23.0 Å². The van der Waals surface area contributed by atoms with E-state index in [0.29, 0.717) is 29.0 Å². The van der Waals surface area contributed by atoms with Crippen LogP contribution in [0.25, 0.3) is 11.0 Å². The van der Waals surface area contributed by atoms with Crippen LogP contribution in [0.4, 0.5) is 13.2 Å². The quantitative estimate of drug-likeness (QED) is 0.681. The van der Waals surface area contributed by atoms with Crippen molar-refractivity contribution in [2.24, 2.45) is 0 Å². The Hall–Kier alpha value is -2.38. The molecule has 2 aromatic carbocycles. The molecule has 3 N–H and O–H groups in total.